The third-order valence-electron chi connectivity index (χ3n) is 3.90. The second-order valence-corrected chi connectivity index (χ2v) is 11.5. The van der Waals surface area contributed by atoms with Gasteiger partial charge in [0.15, 0.2) is 5.84 Å². The van der Waals surface area contributed by atoms with E-state index < -0.39 is 8.32 Å². The monoisotopic (exact) mass is 310 g/mol. The number of carbonyl (C=O) groups excluding carboxylic acids is 1. The highest BCUT2D eigenvalue weighted by Crippen LogP contribution is 2.37. The van der Waals surface area contributed by atoms with Gasteiger partial charge in [0.1, 0.15) is 0 Å². The molecule has 0 aromatic heterocycles. The van der Waals surface area contributed by atoms with E-state index in [9.17, 15) is 4.79 Å². The fourth-order valence-corrected chi connectivity index (χ4v) is 2.41. The number of nitrogens with one attached hydrogen (secondary N) is 1. The van der Waals surface area contributed by atoms with Crippen molar-refractivity contribution in [1.29, 1.82) is 0 Å². The molecule has 1 aliphatic heterocycles. The molecule has 1 heterocycles. The summed E-state index contributed by atoms with van der Waals surface area (Å²) in [5.41, 5.74) is 1.16. The molecule has 0 spiro atoms. The number of carbonyl (C=O) groups is 1. The van der Waals surface area contributed by atoms with Gasteiger partial charge in [-0.25, -0.2) is 0 Å². The van der Waals surface area contributed by atoms with Gasteiger partial charge < -0.3 is 9.84 Å². The Kier molecular flexibility index (Phi) is 3.69. The number of nitrogens with zero attached hydrogens (tertiary/aromatic N) is 1. The highest BCUT2D eigenvalue weighted by atomic mass is 35.5. The fourth-order valence-electron chi connectivity index (χ4n) is 1.56. The first-order valence-electron chi connectivity index (χ1n) is 6.50. The Bertz CT molecular complexity index is 591. The SMILES string of the molecule is CC(C)(C)[Si](C)(C)ON=C1NC(=O)c2c(Cl)cccc21. The summed E-state index contributed by atoms with van der Waals surface area (Å²) >= 11 is 6.04. The molecule has 0 aliphatic carbocycles. The van der Waals surface area contributed by atoms with Gasteiger partial charge in [-0.1, -0.05) is 49.7 Å². The molecule has 0 radical (unpaired) electrons. The van der Waals surface area contributed by atoms with E-state index in [2.05, 4.69) is 44.3 Å². The van der Waals surface area contributed by atoms with Crippen LogP contribution < -0.4 is 5.32 Å². The molecule has 108 valence electrons. The summed E-state index contributed by atoms with van der Waals surface area (Å²) in [6.07, 6.45) is 0. The molecule has 0 unspecified atom stereocenters. The van der Waals surface area contributed by atoms with Crippen molar-refractivity contribution in [3.8, 4) is 0 Å². The third-order valence-corrected chi connectivity index (χ3v) is 8.37. The predicted molar refractivity (Wildman–Crippen MR) is 83.7 cm³/mol. The van der Waals surface area contributed by atoms with E-state index in [1.54, 1.807) is 12.1 Å². The highest BCUT2D eigenvalue weighted by Gasteiger charge is 2.40. The molecule has 1 aromatic carbocycles. The minimum absolute atomic E-state index is 0.0524. The van der Waals surface area contributed by atoms with Crippen molar-refractivity contribution in [2.45, 2.75) is 38.9 Å². The molecule has 4 nitrogen and oxygen atoms in total. The van der Waals surface area contributed by atoms with Crippen LogP contribution in [-0.4, -0.2) is 20.1 Å². The van der Waals surface area contributed by atoms with E-state index in [-0.39, 0.29) is 10.9 Å². The van der Waals surface area contributed by atoms with Crippen LogP contribution in [0.1, 0.15) is 36.7 Å². The van der Waals surface area contributed by atoms with Gasteiger partial charge in [0, 0.05) is 5.56 Å². The minimum Gasteiger partial charge on any atom is -0.453 e. The second kappa shape index (κ2) is 4.89. The molecule has 0 saturated heterocycles. The van der Waals surface area contributed by atoms with E-state index in [4.69, 9.17) is 16.1 Å². The topological polar surface area (TPSA) is 50.7 Å². The molecule has 1 amide bonds. The van der Waals surface area contributed by atoms with Crippen molar-refractivity contribution in [2.24, 2.45) is 5.16 Å². The summed E-state index contributed by atoms with van der Waals surface area (Å²) in [6.45, 7) is 10.6. The minimum atomic E-state index is -2.00. The molecule has 0 saturated carbocycles. The zero-order valence-electron chi connectivity index (χ0n) is 12.4. The number of hydrogen-bond acceptors (Lipinski definition) is 3. The quantitative estimate of drug-likeness (QED) is 0.668. The Morgan fingerprint density at radius 1 is 1.30 bits per heavy atom. The highest BCUT2D eigenvalue weighted by molar-refractivity contribution is 6.74. The molecule has 20 heavy (non-hydrogen) atoms. The van der Waals surface area contributed by atoms with Gasteiger partial charge in [-0.15, -0.1) is 0 Å². The lowest BCUT2D eigenvalue weighted by Gasteiger charge is -2.33. The van der Waals surface area contributed by atoms with Gasteiger partial charge in [-0.2, -0.15) is 0 Å². The molecular weight excluding hydrogens is 292 g/mol. The molecule has 0 bridgehead atoms. The van der Waals surface area contributed by atoms with E-state index >= 15 is 0 Å². The van der Waals surface area contributed by atoms with Crippen LogP contribution in [0.15, 0.2) is 23.4 Å². The average molecular weight is 311 g/mol. The number of halogens is 1. The maximum Gasteiger partial charge on any atom is 0.286 e. The predicted octanol–water partition coefficient (Wildman–Crippen LogP) is 3.77. The molecule has 6 heteroatoms. The first kappa shape index (κ1) is 15.1. The zero-order valence-corrected chi connectivity index (χ0v) is 14.1. The number of fused-ring (bicyclic) bond motifs is 1. The van der Waals surface area contributed by atoms with Crippen LogP contribution in [0.3, 0.4) is 0 Å². The van der Waals surface area contributed by atoms with Gasteiger partial charge in [0.05, 0.1) is 10.6 Å². The number of hydrogen-bond donors (Lipinski definition) is 1. The summed E-state index contributed by atoms with van der Waals surface area (Å²) in [7, 11) is -2.00. The summed E-state index contributed by atoms with van der Waals surface area (Å²) in [6, 6.07) is 5.30. The summed E-state index contributed by atoms with van der Waals surface area (Å²) < 4.78 is 5.79. The number of benzene rings is 1. The Morgan fingerprint density at radius 3 is 2.55 bits per heavy atom. The van der Waals surface area contributed by atoms with Crippen molar-refractivity contribution < 1.29 is 9.32 Å². The number of oxime groups is 1. The first-order valence-corrected chi connectivity index (χ1v) is 9.78. The van der Waals surface area contributed by atoms with Gasteiger partial charge in [0.2, 0.25) is 0 Å². The first-order chi connectivity index (χ1) is 9.13. The third kappa shape index (κ3) is 2.60. The van der Waals surface area contributed by atoms with Crippen molar-refractivity contribution >= 4 is 31.7 Å². The van der Waals surface area contributed by atoms with Gasteiger partial charge in [-0.05, 0) is 24.2 Å². The van der Waals surface area contributed by atoms with Crippen molar-refractivity contribution in [1.82, 2.24) is 5.32 Å². The lowest BCUT2D eigenvalue weighted by Crippen LogP contribution is -2.39. The lowest BCUT2D eigenvalue weighted by atomic mass is 10.1. The summed E-state index contributed by atoms with van der Waals surface area (Å²) in [5, 5.41) is 7.37. The molecule has 1 aliphatic rings. The molecule has 0 atom stereocenters. The lowest BCUT2D eigenvalue weighted by molar-refractivity contribution is 0.0982. The van der Waals surface area contributed by atoms with Gasteiger partial charge >= 0.3 is 0 Å². The van der Waals surface area contributed by atoms with Crippen LogP contribution in [0.4, 0.5) is 0 Å². The maximum absolute atomic E-state index is 11.9. The normalized spacial score (nSPS) is 17.1. The summed E-state index contributed by atoms with van der Waals surface area (Å²) in [4.78, 5) is 11.9. The molecule has 1 aromatic rings. The van der Waals surface area contributed by atoms with Crippen LogP contribution in [0.5, 0.6) is 0 Å². The summed E-state index contributed by atoms with van der Waals surface area (Å²) in [5.74, 6) is 0.209. The second-order valence-electron chi connectivity index (χ2n) is 6.41. The smallest absolute Gasteiger partial charge is 0.286 e. The van der Waals surface area contributed by atoms with Gasteiger partial charge in [-0.3, -0.25) is 4.79 Å². The molecule has 0 fully saturated rings. The van der Waals surface area contributed by atoms with Gasteiger partial charge in [0.25, 0.3) is 14.2 Å². The van der Waals surface area contributed by atoms with E-state index in [0.29, 0.717) is 22.0 Å². The largest absolute Gasteiger partial charge is 0.453 e. The average Bonchev–Trinajstić information content (AvgIpc) is 2.64. The van der Waals surface area contributed by atoms with Crippen molar-refractivity contribution in [3.63, 3.8) is 0 Å². The van der Waals surface area contributed by atoms with Crippen LogP contribution in [0.2, 0.25) is 23.2 Å². The standard InChI is InChI=1S/C14H19ClN2O2Si/c1-14(2,3)20(4,5)19-17-12-9-7-6-8-10(15)11(9)13(18)16-12/h6-8H,1-5H3,(H,16,17,18). The van der Waals surface area contributed by atoms with E-state index in [1.807, 2.05) is 6.07 Å². The van der Waals surface area contributed by atoms with Crippen molar-refractivity contribution in [2.75, 3.05) is 0 Å². The molecule has 2 rings (SSSR count). The Labute approximate surface area is 125 Å². The zero-order chi connectivity index (χ0) is 15.1. The number of amides is 1. The molecule has 1 N–H and O–H groups in total. The molecular formula is C14H19ClN2O2Si. The fraction of sp³-hybridized carbons (Fsp3) is 0.429. The van der Waals surface area contributed by atoms with Crippen molar-refractivity contribution in [3.05, 3.63) is 34.3 Å². The van der Waals surface area contributed by atoms with Crippen LogP contribution in [-0.2, 0) is 4.53 Å². The van der Waals surface area contributed by atoms with Crippen LogP contribution in [0.25, 0.3) is 0 Å². The van der Waals surface area contributed by atoms with E-state index in [0.717, 1.165) is 0 Å². The Hall–Kier alpha value is -1.33. The number of amidine groups is 1. The van der Waals surface area contributed by atoms with Crippen LogP contribution >= 0.6 is 11.6 Å². The van der Waals surface area contributed by atoms with Crippen LogP contribution in [0, 0.1) is 0 Å². The Balaban J connectivity index is 2.32. The maximum atomic E-state index is 11.9. The van der Waals surface area contributed by atoms with E-state index in [1.165, 1.54) is 0 Å². The Morgan fingerprint density at radius 2 is 1.95 bits per heavy atom. The number of rotatable bonds is 2.